The monoisotopic (exact) mass is 318 g/mol. The average Bonchev–Trinajstić information content (AvgIpc) is 2.30. The maximum Gasteiger partial charge on any atom is 0.225 e. The van der Waals surface area contributed by atoms with Gasteiger partial charge in [-0.15, -0.1) is 12.4 Å². The molecule has 2 rings (SSSR count). The molecule has 4 nitrogen and oxygen atoms in total. The number of benzene rings is 1. The summed E-state index contributed by atoms with van der Waals surface area (Å²) in [5, 5.41) is 6.72. The van der Waals surface area contributed by atoms with E-state index in [0.717, 1.165) is 30.8 Å². The zero-order valence-electron chi connectivity index (χ0n) is 11.4. The van der Waals surface area contributed by atoms with E-state index in [-0.39, 0.29) is 24.2 Å². The Hall–Kier alpha value is -0.970. The molecule has 0 aromatic heterocycles. The van der Waals surface area contributed by atoms with Crippen LogP contribution in [0.2, 0.25) is 5.02 Å². The molecular weight excluding hydrogens is 299 g/mol. The van der Waals surface area contributed by atoms with Gasteiger partial charge in [-0.25, -0.2) is 0 Å². The van der Waals surface area contributed by atoms with Crippen LogP contribution in [-0.2, 0) is 11.2 Å². The highest BCUT2D eigenvalue weighted by Gasteiger charge is 2.24. The molecule has 1 aliphatic heterocycles. The van der Waals surface area contributed by atoms with E-state index in [2.05, 4.69) is 10.6 Å². The Labute approximate surface area is 130 Å². The highest BCUT2D eigenvalue weighted by Crippen LogP contribution is 2.23. The van der Waals surface area contributed by atoms with Crippen molar-refractivity contribution >= 4 is 29.9 Å². The number of carbonyl (C=O) groups excluding carboxylic acids is 1. The first-order valence-corrected chi connectivity index (χ1v) is 6.98. The predicted octanol–water partition coefficient (Wildman–Crippen LogP) is 2.04. The van der Waals surface area contributed by atoms with Crippen molar-refractivity contribution in [1.29, 1.82) is 0 Å². The minimum absolute atomic E-state index is 0. The van der Waals surface area contributed by atoms with E-state index < -0.39 is 0 Å². The molecule has 1 heterocycles. The molecule has 112 valence electrons. The van der Waals surface area contributed by atoms with Crippen molar-refractivity contribution in [2.24, 2.45) is 5.92 Å². The smallest absolute Gasteiger partial charge is 0.225 e. The van der Waals surface area contributed by atoms with Gasteiger partial charge in [0.1, 0.15) is 5.75 Å². The molecule has 0 saturated carbocycles. The molecule has 1 aromatic rings. The average molecular weight is 319 g/mol. The van der Waals surface area contributed by atoms with Gasteiger partial charge in [0.15, 0.2) is 0 Å². The van der Waals surface area contributed by atoms with Crippen LogP contribution in [0.15, 0.2) is 18.2 Å². The molecular formula is C14H20Cl2N2O2. The second kappa shape index (κ2) is 8.35. The van der Waals surface area contributed by atoms with Gasteiger partial charge >= 0.3 is 0 Å². The Morgan fingerprint density at radius 1 is 1.50 bits per heavy atom. The lowest BCUT2D eigenvalue weighted by atomic mass is 10.0. The van der Waals surface area contributed by atoms with Crippen molar-refractivity contribution in [2.75, 3.05) is 26.2 Å². The summed E-state index contributed by atoms with van der Waals surface area (Å²) in [7, 11) is 0. The second-order valence-electron chi connectivity index (χ2n) is 4.58. The van der Waals surface area contributed by atoms with E-state index in [1.165, 1.54) is 0 Å². The van der Waals surface area contributed by atoms with Crippen LogP contribution in [0.3, 0.4) is 0 Å². The molecule has 1 aliphatic rings. The molecule has 6 heteroatoms. The van der Waals surface area contributed by atoms with Gasteiger partial charge in [-0.2, -0.15) is 0 Å². The summed E-state index contributed by atoms with van der Waals surface area (Å²) in [6.45, 7) is 4.74. The second-order valence-corrected chi connectivity index (χ2v) is 5.02. The Morgan fingerprint density at radius 3 is 2.85 bits per heavy atom. The Bertz CT molecular complexity index is 451. The van der Waals surface area contributed by atoms with Gasteiger partial charge in [-0.3, -0.25) is 4.79 Å². The summed E-state index contributed by atoms with van der Waals surface area (Å²) >= 11 is 5.99. The van der Waals surface area contributed by atoms with Crippen LogP contribution < -0.4 is 15.4 Å². The van der Waals surface area contributed by atoms with E-state index in [1.54, 1.807) is 0 Å². The molecule has 2 N–H and O–H groups in total. The third-order valence-electron chi connectivity index (χ3n) is 3.17. The number of rotatable bonds is 6. The van der Waals surface area contributed by atoms with Crippen LogP contribution in [-0.4, -0.2) is 32.1 Å². The summed E-state index contributed by atoms with van der Waals surface area (Å²) in [4.78, 5) is 11.7. The van der Waals surface area contributed by atoms with Gasteiger partial charge in [0, 0.05) is 24.7 Å². The zero-order valence-corrected chi connectivity index (χ0v) is 13.0. The largest absolute Gasteiger partial charge is 0.494 e. The molecule has 0 bridgehead atoms. The van der Waals surface area contributed by atoms with Gasteiger partial charge < -0.3 is 15.4 Å². The van der Waals surface area contributed by atoms with Crippen LogP contribution >= 0.6 is 24.0 Å². The van der Waals surface area contributed by atoms with Gasteiger partial charge in [0.2, 0.25) is 5.91 Å². The number of halogens is 2. The highest BCUT2D eigenvalue weighted by molar-refractivity contribution is 6.30. The summed E-state index contributed by atoms with van der Waals surface area (Å²) in [6, 6.07) is 5.58. The standard InChI is InChI=1S/C14H19ClN2O2.ClH/c1-2-19-13-4-3-12(15)7-10(13)5-6-17-14(18)11-8-16-9-11;/h3-4,7,11,16H,2,5-6,8-9H2,1H3,(H,17,18);1H. The SMILES string of the molecule is CCOc1ccc(Cl)cc1CCNC(=O)C1CNC1.Cl. The third kappa shape index (κ3) is 4.54. The lowest BCUT2D eigenvalue weighted by Crippen LogP contribution is -2.51. The molecule has 1 fully saturated rings. The fourth-order valence-corrected chi connectivity index (χ4v) is 2.17. The number of ether oxygens (including phenoxy) is 1. The topological polar surface area (TPSA) is 50.4 Å². The van der Waals surface area contributed by atoms with Crippen molar-refractivity contribution < 1.29 is 9.53 Å². The molecule has 0 spiro atoms. The first kappa shape index (κ1) is 17.1. The third-order valence-corrected chi connectivity index (χ3v) is 3.40. The molecule has 1 aromatic carbocycles. The van der Waals surface area contributed by atoms with Crippen LogP contribution in [0.25, 0.3) is 0 Å². The molecule has 1 saturated heterocycles. The van der Waals surface area contributed by atoms with Gasteiger partial charge in [-0.1, -0.05) is 11.6 Å². The van der Waals surface area contributed by atoms with E-state index in [4.69, 9.17) is 16.3 Å². The maximum absolute atomic E-state index is 11.7. The van der Waals surface area contributed by atoms with Crippen molar-refractivity contribution in [3.63, 3.8) is 0 Å². The Balaban J connectivity index is 0.00000200. The van der Waals surface area contributed by atoms with Crippen LogP contribution in [0, 0.1) is 5.92 Å². The number of carbonyl (C=O) groups is 1. The van der Waals surface area contributed by atoms with Crippen LogP contribution in [0.5, 0.6) is 5.75 Å². The summed E-state index contributed by atoms with van der Waals surface area (Å²) in [6.07, 6.45) is 0.724. The molecule has 0 atom stereocenters. The number of hydrogen-bond acceptors (Lipinski definition) is 3. The summed E-state index contributed by atoms with van der Waals surface area (Å²) in [5.41, 5.74) is 1.03. The molecule has 0 radical (unpaired) electrons. The lowest BCUT2D eigenvalue weighted by molar-refractivity contribution is -0.126. The first-order valence-electron chi connectivity index (χ1n) is 6.60. The van der Waals surface area contributed by atoms with E-state index in [9.17, 15) is 4.79 Å². The van der Waals surface area contributed by atoms with E-state index in [0.29, 0.717) is 18.2 Å². The normalized spacial score (nSPS) is 14.1. The number of nitrogens with one attached hydrogen (secondary N) is 2. The number of amides is 1. The maximum atomic E-state index is 11.7. The minimum Gasteiger partial charge on any atom is -0.494 e. The van der Waals surface area contributed by atoms with Crippen LogP contribution in [0.4, 0.5) is 0 Å². The van der Waals surface area contributed by atoms with Gasteiger partial charge in [0.05, 0.1) is 12.5 Å². The number of hydrogen-bond donors (Lipinski definition) is 2. The predicted molar refractivity (Wildman–Crippen MR) is 82.9 cm³/mol. The summed E-state index contributed by atoms with van der Waals surface area (Å²) < 4.78 is 5.55. The molecule has 20 heavy (non-hydrogen) atoms. The zero-order chi connectivity index (χ0) is 13.7. The fourth-order valence-electron chi connectivity index (χ4n) is 1.98. The minimum atomic E-state index is 0. The van der Waals surface area contributed by atoms with Crippen LogP contribution in [0.1, 0.15) is 12.5 Å². The lowest BCUT2D eigenvalue weighted by Gasteiger charge is -2.25. The van der Waals surface area contributed by atoms with Gasteiger partial charge in [0.25, 0.3) is 0 Å². The quantitative estimate of drug-likeness (QED) is 0.844. The van der Waals surface area contributed by atoms with Crippen molar-refractivity contribution in [2.45, 2.75) is 13.3 Å². The summed E-state index contributed by atoms with van der Waals surface area (Å²) in [5.74, 6) is 1.09. The van der Waals surface area contributed by atoms with Gasteiger partial charge in [-0.05, 0) is 37.1 Å². The molecule has 1 amide bonds. The van der Waals surface area contributed by atoms with Crippen molar-refractivity contribution in [3.05, 3.63) is 28.8 Å². The Kier molecular flexibility index (Phi) is 7.13. The van der Waals surface area contributed by atoms with E-state index in [1.807, 2.05) is 25.1 Å². The fraction of sp³-hybridized carbons (Fsp3) is 0.500. The van der Waals surface area contributed by atoms with E-state index >= 15 is 0 Å². The van der Waals surface area contributed by atoms with Crippen molar-refractivity contribution in [1.82, 2.24) is 10.6 Å². The molecule has 0 unspecified atom stereocenters. The highest BCUT2D eigenvalue weighted by atomic mass is 35.5. The molecule has 0 aliphatic carbocycles. The van der Waals surface area contributed by atoms with Crippen molar-refractivity contribution in [3.8, 4) is 5.75 Å². The first-order chi connectivity index (χ1) is 9.20. The Morgan fingerprint density at radius 2 is 2.25 bits per heavy atom.